The molecule has 2 aromatic rings. The molecule has 0 saturated heterocycles. The smallest absolute Gasteiger partial charge is 0.319 e. The van der Waals surface area contributed by atoms with Crippen LogP contribution in [0.25, 0.3) is 10.9 Å². The molecular formula is C15H21N3O3S. The van der Waals surface area contributed by atoms with Gasteiger partial charge >= 0.3 is 6.03 Å². The van der Waals surface area contributed by atoms with Crippen LogP contribution in [-0.4, -0.2) is 37.5 Å². The molecule has 120 valence electrons. The third-order valence-corrected chi connectivity index (χ3v) is 5.10. The fraction of sp³-hybridized carbons (Fsp3) is 0.400. The number of rotatable bonds is 6. The van der Waals surface area contributed by atoms with Crippen molar-refractivity contribution in [3.63, 3.8) is 0 Å². The van der Waals surface area contributed by atoms with Crippen molar-refractivity contribution >= 4 is 32.5 Å². The van der Waals surface area contributed by atoms with Gasteiger partial charge in [-0.3, -0.25) is 0 Å². The molecule has 0 aliphatic rings. The van der Waals surface area contributed by atoms with Crippen LogP contribution in [0.2, 0.25) is 0 Å². The van der Waals surface area contributed by atoms with E-state index in [-0.39, 0.29) is 24.0 Å². The number of hydrogen-bond donors (Lipinski definition) is 3. The van der Waals surface area contributed by atoms with Crippen LogP contribution in [-0.2, 0) is 9.84 Å². The first-order valence-corrected chi connectivity index (χ1v) is 9.00. The maximum atomic E-state index is 11.8. The van der Waals surface area contributed by atoms with Crippen molar-refractivity contribution in [3.8, 4) is 0 Å². The summed E-state index contributed by atoms with van der Waals surface area (Å²) in [4.78, 5) is 14.8. The molecule has 7 heteroatoms. The lowest BCUT2D eigenvalue weighted by Gasteiger charge is -2.09. The Kier molecular flexibility index (Phi) is 5.07. The van der Waals surface area contributed by atoms with Gasteiger partial charge in [-0.25, -0.2) is 13.2 Å². The van der Waals surface area contributed by atoms with Gasteiger partial charge in [0.25, 0.3) is 0 Å². The summed E-state index contributed by atoms with van der Waals surface area (Å²) in [5.41, 5.74) is 1.65. The fourth-order valence-electron chi connectivity index (χ4n) is 2.22. The van der Waals surface area contributed by atoms with Crippen LogP contribution in [0.1, 0.15) is 13.8 Å². The molecule has 0 aliphatic heterocycles. The highest BCUT2D eigenvalue weighted by molar-refractivity contribution is 7.91. The number of nitrogens with one attached hydrogen (secondary N) is 3. The Morgan fingerprint density at radius 3 is 2.77 bits per heavy atom. The van der Waals surface area contributed by atoms with Crippen LogP contribution in [0.3, 0.4) is 0 Å². The van der Waals surface area contributed by atoms with Gasteiger partial charge in [0, 0.05) is 29.3 Å². The summed E-state index contributed by atoms with van der Waals surface area (Å²) in [6.45, 7) is 3.82. The highest BCUT2D eigenvalue weighted by Gasteiger charge is 2.13. The number of urea groups is 1. The monoisotopic (exact) mass is 323 g/mol. The zero-order valence-electron chi connectivity index (χ0n) is 12.7. The Morgan fingerprint density at radius 2 is 2.05 bits per heavy atom. The van der Waals surface area contributed by atoms with Crippen molar-refractivity contribution in [2.45, 2.75) is 13.8 Å². The average Bonchev–Trinajstić information content (AvgIpc) is 2.84. The van der Waals surface area contributed by atoms with Crippen molar-refractivity contribution in [2.24, 2.45) is 5.92 Å². The second kappa shape index (κ2) is 6.83. The minimum absolute atomic E-state index is 0.0462. The average molecular weight is 323 g/mol. The van der Waals surface area contributed by atoms with Crippen LogP contribution < -0.4 is 10.6 Å². The number of benzene rings is 1. The number of carbonyl (C=O) groups excluding carboxylic acids is 1. The Morgan fingerprint density at radius 1 is 1.27 bits per heavy atom. The van der Waals surface area contributed by atoms with E-state index in [1.807, 2.05) is 38.2 Å². The molecular weight excluding hydrogens is 302 g/mol. The van der Waals surface area contributed by atoms with Gasteiger partial charge in [0.2, 0.25) is 0 Å². The highest BCUT2D eigenvalue weighted by atomic mass is 32.2. The van der Waals surface area contributed by atoms with E-state index < -0.39 is 15.9 Å². The molecule has 0 bridgehead atoms. The Balaban J connectivity index is 1.83. The maximum Gasteiger partial charge on any atom is 0.319 e. The minimum atomic E-state index is -3.12. The SMILES string of the molecule is CC(C)CS(=O)(=O)CCNC(=O)Nc1ccc2[nH]ccc2c1. The normalized spacial score (nSPS) is 11.8. The molecule has 2 amide bonds. The molecule has 2 rings (SSSR count). The van der Waals surface area contributed by atoms with E-state index in [2.05, 4.69) is 15.6 Å². The summed E-state index contributed by atoms with van der Waals surface area (Å²) < 4.78 is 23.4. The molecule has 0 unspecified atom stereocenters. The van der Waals surface area contributed by atoms with Crippen molar-refractivity contribution in [1.29, 1.82) is 0 Å². The third kappa shape index (κ3) is 4.77. The Hall–Kier alpha value is -2.02. The number of sulfone groups is 1. The van der Waals surface area contributed by atoms with E-state index in [1.165, 1.54) is 0 Å². The first kappa shape index (κ1) is 16.4. The third-order valence-electron chi connectivity index (χ3n) is 3.10. The van der Waals surface area contributed by atoms with E-state index in [1.54, 1.807) is 6.07 Å². The number of fused-ring (bicyclic) bond motifs is 1. The van der Waals surface area contributed by atoms with E-state index in [0.717, 1.165) is 10.9 Å². The van der Waals surface area contributed by atoms with Crippen LogP contribution in [0, 0.1) is 5.92 Å². The largest absolute Gasteiger partial charge is 0.361 e. The second-order valence-corrected chi connectivity index (χ2v) is 7.90. The second-order valence-electron chi connectivity index (χ2n) is 5.67. The predicted octanol–water partition coefficient (Wildman–Crippen LogP) is 2.36. The van der Waals surface area contributed by atoms with Gasteiger partial charge < -0.3 is 15.6 Å². The van der Waals surface area contributed by atoms with Crippen molar-refractivity contribution in [1.82, 2.24) is 10.3 Å². The van der Waals surface area contributed by atoms with Gasteiger partial charge in [-0.05, 0) is 30.2 Å². The van der Waals surface area contributed by atoms with Crippen LogP contribution in [0.4, 0.5) is 10.5 Å². The fourth-order valence-corrected chi connectivity index (χ4v) is 3.81. The number of anilines is 1. The van der Waals surface area contributed by atoms with E-state index in [4.69, 9.17) is 0 Å². The molecule has 1 heterocycles. The zero-order chi connectivity index (χ0) is 16.2. The van der Waals surface area contributed by atoms with E-state index in [9.17, 15) is 13.2 Å². The molecule has 0 radical (unpaired) electrons. The lowest BCUT2D eigenvalue weighted by molar-refractivity contribution is 0.252. The first-order chi connectivity index (χ1) is 10.4. The van der Waals surface area contributed by atoms with Crippen LogP contribution in [0.15, 0.2) is 30.5 Å². The Labute approximate surface area is 130 Å². The molecule has 0 fully saturated rings. The quantitative estimate of drug-likeness (QED) is 0.762. The predicted molar refractivity (Wildman–Crippen MR) is 88.8 cm³/mol. The number of aromatic amines is 1. The first-order valence-electron chi connectivity index (χ1n) is 7.18. The van der Waals surface area contributed by atoms with Gasteiger partial charge in [-0.2, -0.15) is 0 Å². The molecule has 1 aromatic carbocycles. The van der Waals surface area contributed by atoms with Crippen molar-refractivity contribution in [2.75, 3.05) is 23.4 Å². The lowest BCUT2D eigenvalue weighted by Crippen LogP contribution is -2.33. The molecule has 1 aromatic heterocycles. The van der Waals surface area contributed by atoms with Crippen LogP contribution in [0.5, 0.6) is 0 Å². The van der Waals surface area contributed by atoms with Crippen molar-refractivity contribution < 1.29 is 13.2 Å². The number of aromatic nitrogens is 1. The summed E-state index contributed by atoms with van der Waals surface area (Å²) >= 11 is 0. The van der Waals surface area contributed by atoms with Gasteiger partial charge in [-0.1, -0.05) is 13.8 Å². The van der Waals surface area contributed by atoms with Gasteiger partial charge in [0.15, 0.2) is 9.84 Å². The summed E-state index contributed by atoms with van der Waals surface area (Å²) in [6.07, 6.45) is 1.83. The summed E-state index contributed by atoms with van der Waals surface area (Å²) in [5, 5.41) is 6.25. The van der Waals surface area contributed by atoms with Gasteiger partial charge in [0.1, 0.15) is 0 Å². The highest BCUT2D eigenvalue weighted by Crippen LogP contribution is 2.17. The minimum Gasteiger partial charge on any atom is -0.361 e. The molecule has 0 spiro atoms. The van der Waals surface area contributed by atoms with Crippen molar-refractivity contribution in [3.05, 3.63) is 30.5 Å². The Bertz CT molecular complexity index is 750. The molecule has 0 aliphatic carbocycles. The van der Waals surface area contributed by atoms with E-state index >= 15 is 0 Å². The van der Waals surface area contributed by atoms with Crippen LogP contribution >= 0.6 is 0 Å². The number of H-pyrrole nitrogens is 1. The molecule has 0 saturated carbocycles. The zero-order valence-corrected chi connectivity index (χ0v) is 13.5. The molecule has 0 atom stereocenters. The summed E-state index contributed by atoms with van der Waals surface area (Å²) in [6, 6.07) is 7.01. The lowest BCUT2D eigenvalue weighted by atomic mass is 10.2. The standard InChI is InChI=1S/C15H21N3O3S/c1-11(2)10-22(20,21)8-7-17-15(19)18-13-3-4-14-12(9-13)5-6-16-14/h3-6,9,11,16H,7-8,10H2,1-2H3,(H2,17,18,19). The number of amides is 2. The number of carbonyl (C=O) groups is 1. The topological polar surface area (TPSA) is 91.1 Å². The summed E-state index contributed by atoms with van der Waals surface area (Å²) in [5.74, 6) is 0.183. The molecule has 22 heavy (non-hydrogen) atoms. The number of hydrogen-bond acceptors (Lipinski definition) is 3. The van der Waals surface area contributed by atoms with E-state index in [0.29, 0.717) is 5.69 Å². The summed E-state index contributed by atoms with van der Waals surface area (Å²) in [7, 11) is -3.12. The maximum absolute atomic E-state index is 11.8. The molecule has 3 N–H and O–H groups in total. The van der Waals surface area contributed by atoms with Gasteiger partial charge in [-0.15, -0.1) is 0 Å². The molecule has 6 nitrogen and oxygen atoms in total. The van der Waals surface area contributed by atoms with Gasteiger partial charge in [0.05, 0.1) is 11.5 Å².